The third-order valence-electron chi connectivity index (χ3n) is 14.1. The Morgan fingerprint density at radius 3 is 2.10 bits per heavy atom. The second kappa shape index (κ2) is 18.4. The number of nitrogens with zero attached hydrogens (tertiary/aromatic N) is 3. The molecule has 5 nitrogen and oxygen atoms in total. The second-order valence-corrected chi connectivity index (χ2v) is 18.6. The summed E-state index contributed by atoms with van der Waals surface area (Å²) in [5, 5.41) is 0. The summed E-state index contributed by atoms with van der Waals surface area (Å²) in [5.41, 5.74) is 2.46. The van der Waals surface area contributed by atoms with Crippen molar-refractivity contribution in [3.05, 3.63) is 11.6 Å². The summed E-state index contributed by atoms with van der Waals surface area (Å²) < 4.78 is 6.37. The predicted molar refractivity (Wildman–Crippen MR) is 204 cm³/mol. The molecule has 0 saturated heterocycles. The van der Waals surface area contributed by atoms with Gasteiger partial charge in [-0.3, -0.25) is 0 Å². The lowest BCUT2D eigenvalue weighted by Gasteiger charge is -2.58. The number of hydrogen-bond donors (Lipinski definition) is 0. The van der Waals surface area contributed by atoms with Gasteiger partial charge in [-0.15, -0.1) is 0 Å². The first-order valence-corrected chi connectivity index (χ1v) is 20.8. The van der Waals surface area contributed by atoms with Crippen LogP contribution in [0.15, 0.2) is 11.6 Å². The Kier molecular flexibility index (Phi) is 15.2. The summed E-state index contributed by atoms with van der Waals surface area (Å²) in [5.74, 6) is 5.17. The molecule has 1 amide bonds. The highest BCUT2D eigenvalue weighted by molar-refractivity contribution is 5.67. The van der Waals surface area contributed by atoms with Crippen LogP contribution in [0.25, 0.3) is 0 Å². The predicted octanol–water partition coefficient (Wildman–Crippen LogP) is 10.7. The first-order valence-electron chi connectivity index (χ1n) is 20.8. The molecule has 4 rings (SSSR count). The molecular weight excluding hydrogens is 590 g/mol. The average molecular weight is 670 g/mol. The Labute approximate surface area is 298 Å². The zero-order chi connectivity index (χ0) is 34.9. The van der Waals surface area contributed by atoms with Gasteiger partial charge in [0, 0.05) is 19.5 Å². The molecule has 3 fully saturated rings. The van der Waals surface area contributed by atoms with Crippen LogP contribution in [0.2, 0.25) is 0 Å². The molecule has 0 aromatic carbocycles. The molecule has 2 unspecified atom stereocenters. The van der Waals surface area contributed by atoms with Crippen molar-refractivity contribution in [2.45, 2.75) is 156 Å². The van der Waals surface area contributed by atoms with Crippen molar-refractivity contribution < 1.29 is 9.53 Å². The molecule has 48 heavy (non-hydrogen) atoms. The minimum absolute atomic E-state index is 0.0397. The maximum absolute atomic E-state index is 13.6. The van der Waals surface area contributed by atoms with E-state index in [4.69, 9.17) is 4.74 Å². The number of carbonyl (C=O) groups excluding carboxylic acids is 1. The summed E-state index contributed by atoms with van der Waals surface area (Å²) in [7, 11) is 8.55. The first kappa shape index (κ1) is 39.7. The van der Waals surface area contributed by atoms with E-state index >= 15 is 0 Å². The third kappa shape index (κ3) is 10.3. The van der Waals surface area contributed by atoms with Crippen LogP contribution in [0.3, 0.4) is 0 Å². The van der Waals surface area contributed by atoms with E-state index in [1.54, 1.807) is 5.57 Å². The molecule has 0 aromatic rings. The van der Waals surface area contributed by atoms with Crippen LogP contribution in [0.5, 0.6) is 0 Å². The lowest BCUT2D eigenvalue weighted by Crippen LogP contribution is -2.51. The average Bonchev–Trinajstić information content (AvgIpc) is 3.38. The zero-order valence-corrected chi connectivity index (χ0v) is 33.3. The summed E-state index contributed by atoms with van der Waals surface area (Å²) in [6, 6.07) is 0. The standard InChI is InChI=1S/C43H79N3O2/c1-33(2)18-16-19-34(3)38-22-23-39-37-21-20-35-32-36(24-26-42(35,4)40(37)25-27-43(38,39)5)48-41(47)46(31-17-29-45(8)9)30-15-13-11-10-12-14-28-44(6)7/h20,33-34,36-40H,10-19,21-32H2,1-9H3/t34-,36+,37+,38-,39?,40?,42+,43-/m1/s1. The monoisotopic (exact) mass is 670 g/mol. The van der Waals surface area contributed by atoms with Crippen molar-refractivity contribution in [2.24, 2.45) is 46.3 Å². The van der Waals surface area contributed by atoms with Crippen LogP contribution in [0, 0.1) is 46.3 Å². The van der Waals surface area contributed by atoms with E-state index in [-0.39, 0.29) is 12.2 Å². The van der Waals surface area contributed by atoms with Crippen molar-refractivity contribution in [3.8, 4) is 0 Å². The molecule has 3 saturated carbocycles. The molecule has 0 spiro atoms. The lowest BCUT2D eigenvalue weighted by atomic mass is 9.47. The number of amides is 1. The molecular formula is C43H79N3O2. The van der Waals surface area contributed by atoms with Gasteiger partial charge in [0.15, 0.2) is 0 Å². The highest BCUT2D eigenvalue weighted by atomic mass is 16.6. The summed E-state index contributed by atoms with van der Waals surface area (Å²) in [6.07, 6.45) is 25.5. The number of fused-ring (bicyclic) bond motifs is 5. The summed E-state index contributed by atoms with van der Waals surface area (Å²) >= 11 is 0. The Hall–Kier alpha value is -1.07. The van der Waals surface area contributed by atoms with E-state index in [0.717, 1.165) is 80.8 Å². The molecule has 0 aliphatic heterocycles. The number of unbranched alkanes of at least 4 members (excludes halogenated alkanes) is 5. The fraction of sp³-hybridized carbons (Fsp3) is 0.930. The van der Waals surface area contributed by atoms with Gasteiger partial charge in [0.05, 0.1) is 0 Å². The maximum Gasteiger partial charge on any atom is 0.410 e. The third-order valence-corrected chi connectivity index (χ3v) is 14.1. The minimum Gasteiger partial charge on any atom is -0.446 e. The van der Waals surface area contributed by atoms with E-state index < -0.39 is 0 Å². The largest absolute Gasteiger partial charge is 0.446 e. The van der Waals surface area contributed by atoms with E-state index in [2.05, 4.69) is 78.7 Å². The topological polar surface area (TPSA) is 36.0 Å². The fourth-order valence-corrected chi connectivity index (χ4v) is 11.3. The molecule has 0 radical (unpaired) electrons. The highest BCUT2D eigenvalue weighted by Crippen LogP contribution is 2.67. The number of hydrogen-bond acceptors (Lipinski definition) is 4. The fourth-order valence-electron chi connectivity index (χ4n) is 11.3. The second-order valence-electron chi connectivity index (χ2n) is 18.6. The van der Waals surface area contributed by atoms with Gasteiger partial charge in [0.1, 0.15) is 6.10 Å². The van der Waals surface area contributed by atoms with Crippen molar-refractivity contribution in [1.82, 2.24) is 14.7 Å². The van der Waals surface area contributed by atoms with E-state index in [1.807, 2.05) is 4.90 Å². The quantitative estimate of drug-likeness (QED) is 0.101. The number of allylic oxidation sites excluding steroid dienone is 1. The van der Waals surface area contributed by atoms with Crippen molar-refractivity contribution in [1.29, 1.82) is 0 Å². The normalized spacial score (nSPS) is 32.2. The summed E-state index contributed by atoms with van der Waals surface area (Å²) in [6.45, 7) is 16.5. The van der Waals surface area contributed by atoms with Crippen LogP contribution >= 0.6 is 0 Å². The van der Waals surface area contributed by atoms with Crippen LogP contribution in [0.1, 0.15) is 150 Å². The van der Waals surface area contributed by atoms with E-state index in [0.29, 0.717) is 10.8 Å². The smallest absolute Gasteiger partial charge is 0.410 e. The number of carbonyl (C=O) groups is 1. The molecule has 0 heterocycles. The number of ether oxygens (including phenoxy) is 1. The van der Waals surface area contributed by atoms with Crippen LogP contribution < -0.4 is 0 Å². The number of rotatable bonds is 19. The first-order chi connectivity index (χ1) is 22.8. The molecule has 4 aliphatic rings. The zero-order valence-electron chi connectivity index (χ0n) is 33.3. The molecule has 0 bridgehead atoms. The molecule has 0 aromatic heterocycles. The lowest BCUT2D eigenvalue weighted by molar-refractivity contribution is -0.0593. The van der Waals surface area contributed by atoms with E-state index in [9.17, 15) is 4.79 Å². The van der Waals surface area contributed by atoms with Crippen LogP contribution in [-0.4, -0.2) is 81.3 Å². The molecule has 8 atom stereocenters. The SMILES string of the molecule is CC(C)CCC[C@@H](C)[C@H]1CCC2[C@@H]3CC=C4C[C@@H](OC(=O)N(CCCCCCCCN(C)C)CCCN(C)C)CC[C@]4(C)C3CC[C@@]21C. The highest BCUT2D eigenvalue weighted by Gasteiger charge is 2.59. The Morgan fingerprint density at radius 1 is 0.771 bits per heavy atom. The van der Waals surface area contributed by atoms with Gasteiger partial charge in [0.25, 0.3) is 0 Å². The molecule has 4 aliphatic carbocycles. The molecule has 5 heteroatoms. The minimum atomic E-state index is -0.0597. The van der Waals surface area contributed by atoms with E-state index in [1.165, 1.54) is 96.4 Å². The van der Waals surface area contributed by atoms with Crippen LogP contribution in [0.4, 0.5) is 4.79 Å². The van der Waals surface area contributed by atoms with Gasteiger partial charge >= 0.3 is 6.09 Å². The van der Waals surface area contributed by atoms with Gasteiger partial charge < -0.3 is 19.4 Å². The van der Waals surface area contributed by atoms with Crippen molar-refractivity contribution in [2.75, 3.05) is 54.4 Å². The van der Waals surface area contributed by atoms with Crippen molar-refractivity contribution >= 4 is 6.09 Å². The molecule has 278 valence electrons. The van der Waals surface area contributed by atoms with Gasteiger partial charge in [-0.2, -0.15) is 0 Å². The van der Waals surface area contributed by atoms with Crippen molar-refractivity contribution in [3.63, 3.8) is 0 Å². The van der Waals surface area contributed by atoms with Gasteiger partial charge in [0.2, 0.25) is 0 Å². The Bertz CT molecular complexity index is 1010. The Morgan fingerprint density at radius 2 is 1.42 bits per heavy atom. The molecule has 0 N–H and O–H groups in total. The summed E-state index contributed by atoms with van der Waals surface area (Å²) in [4.78, 5) is 20.2. The van der Waals surface area contributed by atoms with Gasteiger partial charge in [-0.05, 0) is 152 Å². The van der Waals surface area contributed by atoms with Gasteiger partial charge in [-0.1, -0.05) is 91.2 Å². The van der Waals surface area contributed by atoms with Gasteiger partial charge in [-0.25, -0.2) is 4.79 Å². The Balaban J connectivity index is 1.30. The maximum atomic E-state index is 13.6. The van der Waals surface area contributed by atoms with Crippen LogP contribution in [-0.2, 0) is 4.74 Å².